The lowest BCUT2D eigenvalue weighted by Gasteiger charge is -2.11. The maximum atomic E-state index is 13.1. The van der Waals surface area contributed by atoms with Gasteiger partial charge in [-0.05, 0) is 49.9 Å². The predicted molar refractivity (Wildman–Crippen MR) is 97.4 cm³/mol. The summed E-state index contributed by atoms with van der Waals surface area (Å²) >= 11 is 3.44. The molecule has 5 nitrogen and oxygen atoms in total. The number of nitrogens with zero attached hydrogens (tertiary/aromatic N) is 3. The number of amides is 1. The molecule has 122 valence electrons. The lowest BCUT2D eigenvalue weighted by molar-refractivity contribution is 0.102. The lowest BCUT2D eigenvalue weighted by atomic mass is 10.0. The van der Waals surface area contributed by atoms with E-state index in [1.165, 1.54) is 0 Å². The normalized spacial score (nSPS) is 13.3. The summed E-state index contributed by atoms with van der Waals surface area (Å²) in [5.41, 5.74) is 5.24. The van der Waals surface area contributed by atoms with E-state index in [0.717, 1.165) is 63.0 Å². The van der Waals surface area contributed by atoms with Crippen molar-refractivity contribution >= 4 is 38.6 Å². The van der Waals surface area contributed by atoms with E-state index in [0.29, 0.717) is 0 Å². The van der Waals surface area contributed by atoms with Gasteiger partial charge in [0.2, 0.25) is 0 Å². The van der Waals surface area contributed by atoms with Crippen molar-refractivity contribution in [1.82, 2.24) is 14.8 Å². The summed E-state index contributed by atoms with van der Waals surface area (Å²) in [5, 5.41) is 8.35. The molecule has 24 heavy (non-hydrogen) atoms. The Bertz CT molecular complexity index is 977. The van der Waals surface area contributed by atoms with E-state index >= 15 is 0 Å². The van der Waals surface area contributed by atoms with E-state index in [2.05, 4.69) is 26.3 Å². The molecule has 0 saturated carbocycles. The monoisotopic (exact) mass is 384 g/mol. The Hall–Kier alpha value is -2.21. The van der Waals surface area contributed by atoms with Crippen LogP contribution in [-0.4, -0.2) is 20.7 Å². The van der Waals surface area contributed by atoms with Crippen molar-refractivity contribution in [2.45, 2.75) is 26.2 Å². The Balaban J connectivity index is 1.87. The van der Waals surface area contributed by atoms with Gasteiger partial charge in [-0.3, -0.25) is 9.48 Å². The standard InChI is InChI=1S/C18H17BrN4O/c1-10-15-16(18(24)20-12-6-3-5-11(19)9-12)13-7-4-8-14(13)21-17(15)23(2)22-10/h3,5-6,9H,4,7-8H2,1-2H3,(H,20,24). The van der Waals surface area contributed by atoms with Crippen molar-refractivity contribution < 1.29 is 4.79 Å². The minimum atomic E-state index is -0.0882. The highest BCUT2D eigenvalue weighted by atomic mass is 79.9. The molecule has 6 heteroatoms. The molecule has 0 fully saturated rings. The topological polar surface area (TPSA) is 59.8 Å². The van der Waals surface area contributed by atoms with E-state index in [1.54, 1.807) is 4.68 Å². The Morgan fingerprint density at radius 3 is 2.96 bits per heavy atom. The third-order valence-electron chi connectivity index (χ3n) is 4.48. The molecule has 1 amide bonds. The summed E-state index contributed by atoms with van der Waals surface area (Å²) in [6.45, 7) is 1.93. The van der Waals surface area contributed by atoms with Gasteiger partial charge in [0.25, 0.3) is 5.91 Å². The van der Waals surface area contributed by atoms with E-state index in [1.807, 2.05) is 38.2 Å². The van der Waals surface area contributed by atoms with Gasteiger partial charge in [-0.1, -0.05) is 22.0 Å². The molecule has 0 bridgehead atoms. The third kappa shape index (κ3) is 2.41. The zero-order valence-corrected chi connectivity index (χ0v) is 15.1. The van der Waals surface area contributed by atoms with Crippen molar-refractivity contribution in [3.05, 3.63) is 51.3 Å². The molecular formula is C18H17BrN4O. The van der Waals surface area contributed by atoms with Crippen LogP contribution in [0.5, 0.6) is 0 Å². The first kappa shape index (κ1) is 15.3. The zero-order chi connectivity index (χ0) is 16.8. The molecule has 1 aromatic carbocycles. The summed E-state index contributed by atoms with van der Waals surface area (Å²) in [5.74, 6) is -0.0882. The van der Waals surface area contributed by atoms with Crippen LogP contribution in [0.15, 0.2) is 28.7 Å². The fourth-order valence-electron chi connectivity index (χ4n) is 3.48. The highest BCUT2D eigenvalue weighted by molar-refractivity contribution is 9.10. The Kier molecular flexibility index (Phi) is 3.64. The van der Waals surface area contributed by atoms with Crippen LogP contribution in [0.3, 0.4) is 0 Å². The lowest BCUT2D eigenvalue weighted by Crippen LogP contribution is -2.16. The van der Waals surface area contributed by atoms with Gasteiger partial charge in [0.05, 0.1) is 16.6 Å². The molecule has 1 aliphatic carbocycles. The minimum absolute atomic E-state index is 0.0882. The van der Waals surface area contributed by atoms with Gasteiger partial charge < -0.3 is 5.32 Å². The first-order valence-electron chi connectivity index (χ1n) is 7.96. The Morgan fingerprint density at radius 1 is 1.33 bits per heavy atom. The molecule has 3 aromatic rings. The number of carbonyl (C=O) groups is 1. The number of halogens is 1. The highest BCUT2D eigenvalue weighted by Gasteiger charge is 2.26. The largest absolute Gasteiger partial charge is 0.322 e. The van der Waals surface area contributed by atoms with Gasteiger partial charge >= 0.3 is 0 Å². The molecule has 1 aliphatic rings. The van der Waals surface area contributed by atoms with Crippen LogP contribution in [0.1, 0.15) is 33.7 Å². The smallest absolute Gasteiger partial charge is 0.256 e. The van der Waals surface area contributed by atoms with Crippen molar-refractivity contribution in [2.24, 2.45) is 7.05 Å². The first-order chi connectivity index (χ1) is 11.5. The number of rotatable bonds is 2. The molecule has 0 unspecified atom stereocenters. The quantitative estimate of drug-likeness (QED) is 0.731. The van der Waals surface area contributed by atoms with E-state index < -0.39 is 0 Å². The average molecular weight is 385 g/mol. The second-order valence-corrected chi connectivity index (χ2v) is 7.05. The van der Waals surface area contributed by atoms with Gasteiger partial charge in [0.1, 0.15) is 0 Å². The van der Waals surface area contributed by atoms with E-state index in [9.17, 15) is 4.79 Å². The second kappa shape index (κ2) is 5.70. The van der Waals surface area contributed by atoms with Crippen molar-refractivity contribution in [3.8, 4) is 0 Å². The van der Waals surface area contributed by atoms with E-state index in [-0.39, 0.29) is 5.91 Å². The number of pyridine rings is 1. The summed E-state index contributed by atoms with van der Waals surface area (Å²) < 4.78 is 2.70. The highest BCUT2D eigenvalue weighted by Crippen LogP contribution is 2.32. The number of fused-ring (bicyclic) bond motifs is 2. The number of aryl methyl sites for hydroxylation is 3. The van der Waals surface area contributed by atoms with Crippen LogP contribution in [0.2, 0.25) is 0 Å². The van der Waals surface area contributed by atoms with Gasteiger partial charge in [-0.2, -0.15) is 5.10 Å². The molecule has 4 rings (SSSR count). The summed E-state index contributed by atoms with van der Waals surface area (Å²) in [4.78, 5) is 17.8. The second-order valence-electron chi connectivity index (χ2n) is 6.14. The number of hydrogen-bond donors (Lipinski definition) is 1. The van der Waals surface area contributed by atoms with Gasteiger partial charge in [0.15, 0.2) is 5.65 Å². The van der Waals surface area contributed by atoms with E-state index in [4.69, 9.17) is 4.98 Å². The first-order valence-corrected chi connectivity index (χ1v) is 8.76. The molecule has 0 atom stereocenters. The summed E-state index contributed by atoms with van der Waals surface area (Å²) in [7, 11) is 1.87. The fraction of sp³-hybridized carbons (Fsp3) is 0.278. The van der Waals surface area contributed by atoms with Crippen LogP contribution in [-0.2, 0) is 19.9 Å². The number of nitrogens with one attached hydrogen (secondary N) is 1. The summed E-state index contributed by atoms with van der Waals surface area (Å²) in [6.07, 6.45) is 2.86. The van der Waals surface area contributed by atoms with Crippen LogP contribution in [0, 0.1) is 6.92 Å². The SMILES string of the molecule is Cc1nn(C)c2nc3c(c(C(=O)Nc4cccc(Br)c4)c12)CCC3. The Labute approximate surface area is 148 Å². The predicted octanol–water partition coefficient (Wildman–Crippen LogP) is 3.78. The van der Waals surface area contributed by atoms with Crippen molar-refractivity contribution in [1.29, 1.82) is 0 Å². The molecule has 0 aliphatic heterocycles. The molecule has 0 spiro atoms. The number of carbonyl (C=O) groups excluding carboxylic acids is 1. The maximum Gasteiger partial charge on any atom is 0.256 e. The Morgan fingerprint density at radius 2 is 2.17 bits per heavy atom. The molecule has 0 radical (unpaired) electrons. The van der Waals surface area contributed by atoms with Gasteiger partial charge in [-0.15, -0.1) is 0 Å². The van der Waals surface area contributed by atoms with Crippen molar-refractivity contribution in [2.75, 3.05) is 5.32 Å². The molecule has 2 aromatic heterocycles. The van der Waals surface area contributed by atoms with Crippen LogP contribution in [0.4, 0.5) is 5.69 Å². The number of aromatic nitrogens is 3. The maximum absolute atomic E-state index is 13.1. The van der Waals surface area contributed by atoms with Crippen LogP contribution in [0.25, 0.3) is 11.0 Å². The fourth-order valence-corrected chi connectivity index (χ4v) is 3.88. The number of hydrogen-bond acceptors (Lipinski definition) is 3. The molecule has 2 heterocycles. The minimum Gasteiger partial charge on any atom is -0.322 e. The van der Waals surface area contributed by atoms with Crippen LogP contribution >= 0.6 is 15.9 Å². The molecule has 0 saturated heterocycles. The number of benzene rings is 1. The molecule has 1 N–H and O–H groups in total. The van der Waals surface area contributed by atoms with Gasteiger partial charge in [-0.25, -0.2) is 4.98 Å². The average Bonchev–Trinajstić information content (AvgIpc) is 3.10. The molecular weight excluding hydrogens is 368 g/mol. The summed E-state index contributed by atoms with van der Waals surface area (Å²) in [6, 6.07) is 7.62. The number of anilines is 1. The van der Waals surface area contributed by atoms with Crippen LogP contribution < -0.4 is 5.32 Å². The van der Waals surface area contributed by atoms with Crippen molar-refractivity contribution in [3.63, 3.8) is 0 Å². The third-order valence-corrected chi connectivity index (χ3v) is 4.98. The zero-order valence-electron chi connectivity index (χ0n) is 13.6. The van der Waals surface area contributed by atoms with Gasteiger partial charge in [0, 0.05) is 22.9 Å².